The molecule has 10 aromatic rings. The lowest BCUT2D eigenvalue weighted by molar-refractivity contribution is 0.666. The molecule has 6 aromatic carbocycles. The van der Waals surface area contributed by atoms with Crippen LogP contribution in [0, 0.1) is 0 Å². The first-order valence-corrected chi connectivity index (χ1v) is 15.2. The Morgan fingerprint density at radius 2 is 1.11 bits per heavy atom. The highest BCUT2D eigenvalue weighted by atomic mass is 16.3. The van der Waals surface area contributed by atoms with E-state index in [0.29, 0.717) is 0 Å². The molecule has 0 saturated carbocycles. The average Bonchev–Trinajstić information content (AvgIpc) is 3.76. The Kier molecular flexibility index (Phi) is 4.96. The predicted octanol–water partition coefficient (Wildman–Crippen LogP) is 10.8. The molecule has 0 saturated heterocycles. The largest absolute Gasteiger partial charge is 0.454 e. The minimum absolute atomic E-state index is 0.880. The Morgan fingerprint density at radius 3 is 1.98 bits per heavy atom. The third-order valence-electron chi connectivity index (χ3n) is 9.16. The summed E-state index contributed by atoms with van der Waals surface area (Å²) in [6.07, 6.45) is 1.88. The number of hydrogen-bond donors (Lipinski definition) is 0. The molecule has 4 heterocycles. The first-order valence-electron chi connectivity index (χ1n) is 15.2. The zero-order valence-electron chi connectivity index (χ0n) is 24.2. The lowest BCUT2D eigenvalue weighted by Crippen LogP contribution is -1.94. The molecule has 0 fully saturated rings. The summed E-state index contributed by atoms with van der Waals surface area (Å²) in [5, 5.41) is 5.84. The SMILES string of the molecule is c1ccc(-n2c3ccccc3c3cc(-c4ccc5c(c4)c4ncccc4n5-c4cccc5c4oc4ccccc45)ccc32)cc1. The van der Waals surface area contributed by atoms with E-state index in [1.807, 2.05) is 24.4 Å². The van der Waals surface area contributed by atoms with E-state index in [1.54, 1.807) is 0 Å². The number of pyridine rings is 1. The summed E-state index contributed by atoms with van der Waals surface area (Å²) in [4.78, 5) is 4.89. The van der Waals surface area contributed by atoms with Crippen molar-refractivity contribution in [1.29, 1.82) is 0 Å². The van der Waals surface area contributed by atoms with Gasteiger partial charge in [-0.15, -0.1) is 0 Å². The van der Waals surface area contributed by atoms with Gasteiger partial charge in [0.1, 0.15) is 5.58 Å². The molecule has 4 heteroatoms. The molecule has 0 aliphatic carbocycles. The molecule has 10 rings (SSSR count). The van der Waals surface area contributed by atoms with Gasteiger partial charge in [0, 0.05) is 38.8 Å². The van der Waals surface area contributed by atoms with Gasteiger partial charge in [0.15, 0.2) is 5.58 Å². The van der Waals surface area contributed by atoms with Crippen LogP contribution in [0.1, 0.15) is 0 Å². The van der Waals surface area contributed by atoms with Crippen molar-refractivity contribution < 1.29 is 4.42 Å². The normalized spacial score (nSPS) is 12.0. The van der Waals surface area contributed by atoms with Crippen molar-refractivity contribution in [2.75, 3.05) is 0 Å². The molecule has 0 spiro atoms. The van der Waals surface area contributed by atoms with E-state index < -0.39 is 0 Å². The van der Waals surface area contributed by atoms with E-state index >= 15 is 0 Å². The summed E-state index contributed by atoms with van der Waals surface area (Å²) >= 11 is 0. The fourth-order valence-corrected chi connectivity index (χ4v) is 7.19. The van der Waals surface area contributed by atoms with E-state index in [9.17, 15) is 0 Å². The van der Waals surface area contributed by atoms with Crippen molar-refractivity contribution in [3.63, 3.8) is 0 Å². The van der Waals surface area contributed by atoms with Crippen molar-refractivity contribution in [3.05, 3.63) is 152 Å². The number of rotatable bonds is 3. The van der Waals surface area contributed by atoms with E-state index in [2.05, 4.69) is 137 Å². The molecular weight excluding hydrogens is 550 g/mol. The number of furan rings is 1. The minimum atomic E-state index is 0.880. The van der Waals surface area contributed by atoms with Crippen molar-refractivity contribution in [2.45, 2.75) is 0 Å². The Hall–Kier alpha value is -6.13. The smallest absolute Gasteiger partial charge is 0.159 e. The second-order valence-electron chi connectivity index (χ2n) is 11.6. The van der Waals surface area contributed by atoms with E-state index in [0.717, 1.165) is 60.8 Å². The Bertz CT molecular complexity index is 2760. The third kappa shape index (κ3) is 3.45. The summed E-state index contributed by atoms with van der Waals surface area (Å²) in [6, 6.07) is 51.6. The summed E-state index contributed by atoms with van der Waals surface area (Å²) in [7, 11) is 0. The standard InChI is InChI=1S/C41H25N3O/c1-2-10-28(11-3-1)43-34-15-6-4-12-29(34)32-24-26(19-21-35(32)43)27-20-22-36-33(25-27)40-37(17-9-23-42-40)44(36)38-16-8-14-31-30-13-5-7-18-39(30)45-41(31)38/h1-25H. The highest BCUT2D eigenvalue weighted by Crippen LogP contribution is 2.40. The highest BCUT2D eigenvalue weighted by Gasteiger charge is 2.19. The topological polar surface area (TPSA) is 35.9 Å². The van der Waals surface area contributed by atoms with Crippen LogP contribution in [0.25, 0.3) is 88.2 Å². The van der Waals surface area contributed by atoms with E-state index in [-0.39, 0.29) is 0 Å². The minimum Gasteiger partial charge on any atom is -0.454 e. The predicted molar refractivity (Wildman–Crippen MR) is 186 cm³/mol. The van der Waals surface area contributed by atoms with Crippen LogP contribution in [0.2, 0.25) is 0 Å². The molecule has 0 N–H and O–H groups in total. The number of aromatic nitrogens is 3. The van der Waals surface area contributed by atoms with Crippen molar-refractivity contribution >= 4 is 65.7 Å². The summed E-state index contributed by atoms with van der Waals surface area (Å²) in [6.45, 7) is 0. The molecule has 0 unspecified atom stereocenters. The second kappa shape index (κ2) is 9.18. The fraction of sp³-hybridized carbons (Fsp3) is 0. The molecule has 0 bridgehead atoms. The fourth-order valence-electron chi connectivity index (χ4n) is 7.19. The number of benzene rings is 6. The van der Waals surface area contributed by atoms with Crippen LogP contribution in [0.3, 0.4) is 0 Å². The number of fused-ring (bicyclic) bond motifs is 9. The molecule has 210 valence electrons. The molecule has 0 aliphatic rings. The van der Waals surface area contributed by atoms with E-state index in [1.165, 1.54) is 27.4 Å². The van der Waals surface area contributed by atoms with Crippen LogP contribution >= 0.6 is 0 Å². The molecular formula is C41H25N3O. The van der Waals surface area contributed by atoms with Gasteiger partial charge in [-0.05, 0) is 77.9 Å². The van der Waals surface area contributed by atoms with Gasteiger partial charge in [-0.1, -0.05) is 78.9 Å². The summed E-state index contributed by atoms with van der Waals surface area (Å²) < 4.78 is 11.1. The van der Waals surface area contributed by atoms with Crippen LogP contribution in [0.5, 0.6) is 0 Å². The lowest BCUT2D eigenvalue weighted by atomic mass is 10.0. The Labute approximate surface area is 258 Å². The van der Waals surface area contributed by atoms with Gasteiger partial charge in [0.25, 0.3) is 0 Å². The number of para-hydroxylation sites is 4. The van der Waals surface area contributed by atoms with Gasteiger partial charge in [-0.25, -0.2) is 0 Å². The Morgan fingerprint density at radius 1 is 0.444 bits per heavy atom. The van der Waals surface area contributed by atoms with Crippen molar-refractivity contribution in [3.8, 4) is 22.5 Å². The molecule has 0 aliphatic heterocycles. The van der Waals surface area contributed by atoms with Gasteiger partial charge in [-0.3, -0.25) is 4.98 Å². The van der Waals surface area contributed by atoms with Crippen LogP contribution in [-0.2, 0) is 0 Å². The maximum atomic E-state index is 6.46. The number of nitrogens with zero attached hydrogens (tertiary/aromatic N) is 3. The maximum absolute atomic E-state index is 6.46. The maximum Gasteiger partial charge on any atom is 0.159 e. The monoisotopic (exact) mass is 575 g/mol. The highest BCUT2D eigenvalue weighted by molar-refractivity contribution is 6.13. The van der Waals surface area contributed by atoms with Gasteiger partial charge in [-0.2, -0.15) is 0 Å². The van der Waals surface area contributed by atoms with Crippen LogP contribution in [-0.4, -0.2) is 14.1 Å². The van der Waals surface area contributed by atoms with Crippen molar-refractivity contribution in [1.82, 2.24) is 14.1 Å². The lowest BCUT2D eigenvalue weighted by Gasteiger charge is -2.09. The molecule has 4 nitrogen and oxygen atoms in total. The van der Waals surface area contributed by atoms with Crippen LogP contribution in [0.4, 0.5) is 0 Å². The molecule has 0 amide bonds. The van der Waals surface area contributed by atoms with E-state index in [4.69, 9.17) is 9.40 Å². The summed E-state index contributed by atoms with van der Waals surface area (Å²) in [5.74, 6) is 0. The van der Waals surface area contributed by atoms with Crippen LogP contribution in [0.15, 0.2) is 156 Å². The van der Waals surface area contributed by atoms with Gasteiger partial charge in [0.2, 0.25) is 0 Å². The third-order valence-corrected chi connectivity index (χ3v) is 9.16. The molecule has 4 aromatic heterocycles. The van der Waals surface area contributed by atoms with Gasteiger partial charge < -0.3 is 13.6 Å². The molecule has 0 radical (unpaired) electrons. The first kappa shape index (κ1) is 24.3. The average molecular weight is 576 g/mol. The van der Waals surface area contributed by atoms with Gasteiger partial charge in [0.05, 0.1) is 33.3 Å². The molecule has 45 heavy (non-hydrogen) atoms. The van der Waals surface area contributed by atoms with Crippen molar-refractivity contribution in [2.24, 2.45) is 0 Å². The second-order valence-corrected chi connectivity index (χ2v) is 11.6. The van der Waals surface area contributed by atoms with Crippen LogP contribution < -0.4 is 0 Å². The zero-order chi connectivity index (χ0) is 29.5. The number of hydrogen-bond acceptors (Lipinski definition) is 2. The Balaban J connectivity index is 1.20. The summed E-state index contributed by atoms with van der Waals surface area (Å²) in [5.41, 5.74) is 11.8. The molecule has 0 atom stereocenters. The quantitative estimate of drug-likeness (QED) is 0.210. The first-order chi connectivity index (χ1) is 22.3. The van der Waals surface area contributed by atoms with Gasteiger partial charge >= 0.3 is 0 Å². The zero-order valence-corrected chi connectivity index (χ0v) is 24.2.